The van der Waals surface area contributed by atoms with Gasteiger partial charge in [0, 0.05) is 24.9 Å². The molecule has 1 aromatic carbocycles. The van der Waals surface area contributed by atoms with Gasteiger partial charge in [-0.1, -0.05) is 84.7 Å². The van der Waals surface area contributed by atoms with Crippen LogP contribution in [0.2, 0.25) is 0 Å². The Labute approximate surface area is 310 Å². The van der Waals surface area contributed by atoms with Crippen molar-refractivity contribution in [1.82, 2.24) is 36.1 Å². The van der Waals surface area contributed by atoms with E-state index in [-0.39, 0.29) is 36.9 Å². The van der Waals surface area contributed by atoms with Gasteiger partial charge in [-0.25, -0.2) is 9.78 Å². The number of carboxylic acid groups (broad SMARTS) is 1. The van der Waals surface area contributed by atoms with Crippen LogP contribution in [0.1, 0.15) is 89.7 Å². The van der Waals surface area contributed by atoms with Crippen LogP contribution in [0, 0.1) is 17.8 Å². The largest absolute Gasteiger partial charge is 0.480 e. The van der Waals surface area contributed by atoms with E-state index in [1.54, 1.807) is 34.6 Å². The topological polar surface area (TPSA) is 217 Å². The number of hydrogen-bond donors (Lipinski definition) is 5. The molecule has 6 atom stereocenters. The number of hydrogen-bond acceptors (Lipinski definition) is 9. The molecule has 288 valence electrons. The predicted octanol–water partition coefficient (Wildman–Crippen LogP) is 2.06. The zero-order valence-corrected chi connectivity index (χ0v) is 31.3. The van der Waals surface area contributed by atoms with Gasteiger partial charge in [0.05, 0.1) is 12.2 Å². The lowest BCUT2D eigenvalue weighted by Gasteiger charge is -2.49. The van der Waals surface area contributed by atoms with Crippen molar-refractivity contribution in [2.45, 2.75) is 110 Å². The van der Waals surface area contributed by atoms with Gasteiger partial charge < -0.3 is 31.3 Å². The average Bonchev–Trinajstić information content (AvgIpc) is 3.12. The number of Topliss-reactive ketones (excluding diaryl/α,β-unsaturated/α-hetero) is 1. The average molecular weight is 736 g/mol. The zero-order chi connectivity index (χ0) is 39.2. The number of aryl methyl sites for hydroxylation is 1. The van der Waals surface area contributed by atoms with Crippen LogP contribution < -0.4 is 21.3 Å². The van der Waals surface area contributed by atoms with Gasteiger partial charge in [0.1, 0.15) is 29.9 Å². The van der Waals surface area contributed by atoms with E-state index < -0.39 is 77.4 Å². The lowest BCUT2D eigenvalue weighted by molar-refractivity contribution is -0.157. The highest BCUT2D eigenvalue weighted by Gasteiger charge is 2.49. The molecule has 0 saturated carbocycles. The highest BCUT2D eigenvalue weighted by molar-refractivity contribution is 6.38. The molecule has 1 aliphatic heterocycles. The predicted molar refractivity (Wildman–Crippen MR) is 195 cm³/mol. The van der Waals surface area contributed by atoms with Gasteiger partial charge in [0.2, 0.25) is 23.5 Å². The van der Waals surface area contributed by atoms with Gasteiger partial charge in [-0.3, -0.25) is 33.8 Å². The lowest BCUT2D eigenvalue weighted by atomic mass is 9.82. The van der Waals surface area contributed by atoms with E-state index in [0.717, 1.165) is 12.0 Å². The molecule has 1 fully saturated rings. The smallest absolute Gasteiger partial charge is 0.326 e. The molecule has 0 bridgehead atoms. The molecule has 2 aromatic rings. The van der Waals surface area contributed by atoms with Crippen LogP contribution in [-0.4, -0.2) is 98.0 Å². The summed E-state index contributed by atoms with van der Waals surface area (Å²) in [6.07, 6.45) is 6.34. The van der Waals surface area contributed by atoms with Crippen molar-refractivity contribution in [2.75, 3.05) is 6.54 Å². The van der Waals surface area contributed by atoms with Crippen LogP contribution in [0.5, 0.6) is 0 Å². The number of likely N-dealkylation sites (tertiary alicyclic amines) is 1. The number of aliphatic carboxylic acids is 1. The van der Waals surface area contributed by atoms with Crippen LogP contribution in [0.4, 0.5) is 0 Å². The van der Waals surface area contributed by atoms with E-state index in [2.05, 4.69) is 31.2 Å². The minimum atomic E-state index is -1.32. The molecule has 2 heterocycles. The second-order valence-corrected chi connectivity index (χ2v) is 14.1. The number of ketones is 1. The van der Waals surface area contributed by atoms with Gasteiger partial charge in [0.15, 0.2) is 0 Å². The second kappa shape index (κ2) is 20.1. The van der Waals surface area contributed by atoms with Gasteiger partial charge in [-0.15, -0.1) is 0 Å². The van der Waals surface area contributed by atoms with Crippen LogP contribution >= 0.6 is 0 Å². The Bertz CT molecular complexity index is 1590. The molecule has 3 unspecified atom stereocenters. The molecule has 15 heteroatoms. The fraction of sp³-hybridized carbons (Fsp3) is 0.553. The standard InChI is InChI=1S/C38H53N7O8/c1-7-12-25-21-45(37(51)30(23(5)6)44-34(48)29(22(3)4)43-33(47)28-20-39-18-19-40-28)31(25)35(49)41-26(13-8-2)32(46)36(50)42-27(38(52)53)17-16-24-14-10-9-11-15-24/h9-11,14-15,18-20,22-23,25-27,29-31H,7-8,12-13,16-17,21H2,1-6H3,(H,41,49)(H,42,50)(H,43,47)(H,44,48)(H,52,53)/t25?,26?,27-,29-,30?,31-/m0/s1. The van der Waals surface area contributed by atoms with Crippen molar-refractivity contribution < 1.29 is 38.7 Å². The van der Waals surface area contributed by atoms with Crippen molar-refractivity contribution in [2.24, 2.45) is 17.8 Å². The van der Waals surface area contributed by atoms with Crippen LogP contribution in [-0.2, 0) is 35.2 Å². The normalized spacial score (nSPS) is 17.5. The first-order chi connectivity index (χ1) is 25.2. The third kappa shape index (κ3) is 11.6. The SMILES string of the molecule is CCCC(NC(=O)[C@@H]1C(CCC)CN1C(=O)C(NC(=O)[C@@H](NC(=O)c1cnccn1)C(C)C)C(C)C)C(=O)C(=O)N[C@@H](CCc1ccccc1)C(=O)O. The number of amides is 5. The highest BCUT2D eigenvalue weighted by Crippen LogP contribution is 2.31. The number of rotatable bonds is 20. The Morgan fingerprint density at radius 3 is 2.08 bits per heavy atom. The summed E-state index contributed by atoms with van der Waals surface area (Å²) in [5, 5.41) is 20.2. The number of benzene rings is 1. The summed E-state index contributed by atoms with van der Waals surface area (Å²) in [5.41, 5.74) is 0.904. The van der Waals surface area contributed by atoms with Crippen molar-refractivity contribution in [1.29, 1.82) is 0 Å². The number of carbonyl (C=O) groups excluding carboxylic acids is 6. The fourth-order valence-electron chi connectivity index (χ4n) is 6.30. The first kappa shape index (κ1) is 42.2. The van der Waals surface area contributed by atoms with E-state index >= 15 is 0 Å². The molecule has 53 heavy (non-hydrogen) atoms. The number of carboxylic acids is 1. The van der Waals surface area contributed by atoms with E-state index in [0.29, 0.717) is 19.3 Å². The highest BCUT2D eigenvalue weighted by atomic mass is 16.4. The molecule has 0 spiro atoms. The van der Waals surface area contributed by atoms with Crippen molar-refractivity contribution in [3.05, 3.63) is 60.2 Å². The third-order valence-electron chi connectivity index (χ3n) is 9.29. The molecule has 0 aliphatic carbocycles. The summed E-state index contributed by atoms with van der Waals surface area (Å²) < 4.78 is 0. The number of carbonyl (C=O) groups is 7. The fourth-order valence-corrected chi connectivity index (χ4v) is 6.30. The Morgan fingerprint density at radius 2 is 1.51 bits per heavy atom. The molecular formula is C38H53N7O8. The van der Waals surface area contributed by atoms with E-state index in [1.807, 2.05) is 37.3 Å². The molecule has 1 aliphatic rings. The molecule has 5 N–H and O–H groups in total. The maximum absolute atomic E-state index is 14.0. The van der Waals surface area contributed by atoms with Gasteiger partial charge in [-0.2, -0.15) is 0 Å². The van der Waals surface area contributed by atoms with Crippen LogP contribution in [0.3, 0.4) is 0 Å². The van der Waals surface area contributed by atoms with E-state index in [9.17, 15) is 38.7 Å². The van der Waals surface area contributed by atoms with Gasteiger partial charge >= 0.3 is 5.97 Å². The number of nitrogens with one attached hydrogen (secondary N) is 4. The molecule has 15 nitrogen and oxygen atoms in total. The van der Waals surface area contributed by atoms with Crippen molar-refractivity contribution >= 4 is 41.3 Å². The first-order valence-corrected chi connectivity index (χ1v) is 18.3. The molecular weight excluding hydrogens is 682 g/mol. The lowest BCUT2D eigenvalue weighted by Crippen LogP contribution is -2.69. The Kier molecular flexibility index (Phi) is 16.0. The summed E-state index contributed by atoms with van der Waals surface area (Å²) >= 11 is 0. The monoisotopic (exact) mass is 735 g/mol. The maximum atomic E-state index is 14.0. The molecule has 1 aromatic heterocycles. The maximum Gasteiger partial charge on any atom is 0.326 e. The van der Waals surface area contributed by atoms with Gasteiger partial charge in [0.25, 0.3) is 11.8 Å². The van der Waals surface area contributed by atoms with Crippen molar-refractivity contribution in [3.8, 4) is 0 Å². The minimum Gasteiger partial charge on any atom is -0.480 e. The van der Waals surface area contributed by atoms with Crippen molar-refractivity contribution in [3.63, 3.8) is 0 Å². The van der Waals surface area contributed by atoms with Crippen LogP contribution in [0.15, 0.2) is 48.9 Å². The summed E-state index contributed by atoms with van der Waals surface area (Å²) in [6.45, 7) is 11.0. The third-order valence-corrected chi connectivity index (χ3v) is 9.29. The van der Waals surface area contributed by atoms with Gasteiger partial charge in [-0.05, 0) is 43.1 Å². The summed E-state index contributed by atoms with van der Waals surface area (Å²) in [7, 11) is 0. The van der Waals surface area contributed by atoms with E-state index in [4.69, 9.17) is 0 Å². The minimum absolute atomic E-state index is 0.0286. The molecule has 1 saturated heterocycles. The number of aromatic nitrogens is 2. The first-order valence-electron chi connectivity index (χ1n) is 18.3. The second-order valence-electron chi connectivity index (χ2n) is 14.1. The quantitative estimate of drug-likeness (QED) is 0.125. The molecule has 5 amide bonds. The Morgan fingerprint density at radius 1 is 0.830 bits per heavy atom. The summed E-state index contributed by atoms with van der Waals surface area (Å²) in [4.78, 5) is 102. The zero-order valence-electron chi connectivity index (χ0n) is 31.3. The molecule has 3 rings (SSSR count). The van der Waals surface area contributed by atoms with E-state index in [1.165, 1.54) is 23.5 Å². The Hall–Kier alpha value is -5.21. The molecule has 0 radical (unpaired) electrons. The summed E-state index contributed by atoms with van der Waals surface area (Å²) in [5.74, 6) is -6.67. The summed E-state index contributed by atoms with van der Waals surface area (Å²) in [6, 6.07) is 3.55. The number of nitrogens with zero attached hydrogens (tertiary/aromatic N) is 3. The Balaban J connectivity index is 1.73. The van der Waals surface area contributed by atoms with Crippen LogP contribution in [0.25, 0.3) is 0 Å².